The lowest BCUT2D eigenvalue weighted by molar-refractivity contribution is 0.409. The van der Waals surface area contributed by atoms with Crippen molar-refractivity contribution in [2.24, 2.45) is 5.73 Å². The molecule has 0 radical (unpaired) electrons. The van der Waals surface area contributed by atoms with Crippen LogP contribution in [0.25, 0.3) is 0 Å². The first-order valence-electron chi connectivity index (χ1n) is 3.65. The fourth-order valence-electron chi connectivity index (χ4n) is 1.00. The second-order valence-corrected chi connectivity index (χ2v) is 2.38. The van der Waals surface area contributed by atoms with Crippen LogP contribution in [-0.4, -0.2) is 7.11 Å². The normalized spacial score (nSPS) is 9.08. The van der Waals surface area contributed by atoms with E-state index in [1.54, 1.807) is 7.11 Å². The van der Waals surface area contributed by atoms with Gasteiger partial charge < -0.3 is 10.5 Å². The average molecular weight is 161 g/mol. The monoisotopic (exact) mass is 161 g/mol. The molecule has 0 saturated carbocycles. The highest BCUT2D eigenvalue weighted by Gasteiger charge is 2.00. The van der Waals surface area contributed by atoms with Crippen LogP contribution in [0.2, 0.25) is 0 Å². The Morgan fingerprint density at radius 2 is 2.33 bits per heavy atom. The second kappa shape index (κ2) is 3.80. The van der Waals surface area contributed by atoms with Gasteiger partial charge in [0.25, 0.3) is 0 Å². The van der Waals surface area contributed by atoms with E-state index in [2.05, 4.69) is 5.92 Å². The van der Waals surface area contributed by atoms with Crippen molar-refractivity contribution in [3.8, 4) is 18.1 Å². The van der Waals surface area contributed by atoms with Crippen molar-refractivity contribution >= 4 is 0 Å². The molecule has 0 unspecified atom stereocenters. The van der Waals surface area contributed by atoms with Crippen LogP contribution in [0.5, 0.6) is 5.75 Å². The summed E-state index contributed by atoms with van der Waals surface area (Å²) in [5.41, 5.74) is 7.26. The van der Waals surface area contributed by atoms with E-state index in [1.807, 2.05) is 18.2 Å². The zero-order valence-electron chi connectivity index (χ0n) is 7.00. The molecule has 1 aromatic rings. The average Bonchev–Trinajstić information content (AvgIpc) is 2.16. The third-order valence-electron chi connectivity index (χ3n) is 1.67. The van der Waals surface area contributed by atoms with Gasteiger partial charge in [-0.1, -0.05) is 12.0 Å². The van der Waals surface area contributed by atoms with Gasteiger partial charge in [-0.2, -0.15) is 0 Å². The minimum atomic E-state index is 0.466. The molecule has 0 aromatic heterocycles. The summed E-state index contributed by atoms with van der Waals surface area (Å²) < 4.78 is 5.10. The molecule has 2 nitrogen and oxygen atoms in total. The van der Waals surface area contributed by atoms with Crippen LogP contribution in [0.1, 0.15) is 11.1 Å². The van der Waals surface area contributed by atoms with Gasteiger partial charge >= 0.3 is 0 Å². The van der Waals surface area contributed by atoms with E-state index in [0.29, 0.717) is 6.54 Å². The van der Waals surface area contributed by atoms with Gasteiger partial charge in [0.1, 0.15) is 5.75 Å². The molecule has 2 heteroatoms. The van der Waals surface area contributed by atoms with Crippen LogP contribution in [0.4, 0.5) is 0 Å². The van der Waals surface area contributed by atoms with Crippen molar-refractivity contribution < 1.29 is 4.74 Å². The molecule has 0 spiro atoms. The molecular formula is C10H11NO. The van der Waals surface area contributed by atoms with Crippen molar-refractivity contribution in [1.29, 1.82) is 0 Å². The topological polar surface area (TPSA) is 35.2 Å². The number of hydrogen-bond donors (Lipinski definition) is 1. The highest BCUT2D eigenvalue weighted by atomic mass is 16.5. The highest BCUT2D eigenvalue weighted by molar-refractivity contribution is 5.43. The Morgan fingerprint density at radius 1 is 1.58 bits per heavy atom. The molecule has 1 aromatic carbocycles. The third-order valence-corrected chi connectivity index (χ3v) is 1.67. The summed E-state index contributed by atoms with van der Waals surface area (Å²) in [6.07, 6.45) is 5.23. The van der Waals surface area contributed by atoms with Gasteiger partial charge in [0.05, 0.1) is 7.11 Å². The van der Waals surface area contributed by atoms with E-state index in [4.69, 9.17) is 16.9 Å². The number of hydrogen-bond acceptors (Lipinski definition) is 2. The van der Waals surface area contributed by atoms with E-state index in [-0.39, 0.29) is 0 Å². The van der Waals surface area contributed by atoms with E-state index in [9.17, 15) is 0 Å². The minimum absolute atomic E-state index is 0.466. The number of ether oxygens (including phenoxy) is 1. The maximum atomic E-state index is 5.49. The van der Waals surface area contributed by atoms with Gasteiger partial charge in [-0.25, -0.2) is 0 Å². The summed E-state index contributed by atoms with van der Waals surface area (Å²) in [6.45, 7) is 0.466. The van der Waals surface area contributed by atoms with Gasteiger partial charge in [0, 0.05) is 17.7 Å². The van der Waals surface area contributed by atoms with Gasteiger partial charge in [-0.15, -0.1) is 6.42 Å². The minimum Gasteiger partial charge on any atom is -0.496 e. The van der Waals surface area contributed by atoms with Gasteiger partial charge in [-0.05, 0) is 12.1 Å². The first-order valence-corrected chi connectivity index (χ1v) is 3.65. The van der Waals surface area contributed by atoms with E-state index in [0.717, 1.165) is 16.9 Å². The zero-order valence-corrected chi connectivity index (χ0v) is 7.00. The lowest BCUT2D eigenvalue weighted by Crippen LogP contribution is -1.99. The first kappa shape index (κ1) is 8.63. The summed E-state index contributed by atoms with van der Waals surface area (Å²) in [5.74, 6) is 3.29. The molecule has 62 valence electrons. The molecule has 12 heavy (non-hydrogen) atoms. The number of methoxy groups -OCH3 is 1. The number of rotatable bonds is 2. The fraction of sp³-hybridized carbons (Fsp3) is 0.200. The van der Waals surface area contributed by atoms with Gasteiger partial charge in [-0.3, -0.25) is 0 Å². The molecule has 0 aliphatic heterocycles. The van der Waals surface area contributed by atoms with Crippen molar-refractivity contribution in [3.63, 3.8) is 0 Å². The van der Waals surface area contributed by atoms with E-state index >= 15 is 0 Å². The molecule has 0 heterocycles. The summed E-state index contributed by atoms with van der Waals surface area (Å²) in [6, 6.07) is 5.54. The standard InChI is InChI=1S/C10H11NO/c1-3-8-4-5-9(7-11)10(6-8)12-2/h1,4-6H,7,11H2,2H3. The smallest absolute Gasteiger partial charge is 0.124 e. The number of terminal acetylenes is 1. The van der Waals surface area contributed by atoms with Gasteiger partial charge in [0.15, 0.2) is 0 Å². The fourth-order valence-corrected chi connectivity index (χ4v) is 1.00. The Bertz CT molecular complexity index is 312. The molecule has 0 aliphatic carbocycles. The highest BCUT2D eigenvalue weighted by Crippen LogP contribution is 2.18. The van der Waals surface area contributed by atoms with Crippen LogP contribution in [0.3, 0.4) is 0 Å². The summed E-state index contributed by atoms with van der Waals surface area (Å²) in [5, 5.41) is 0. The predicted molar refractivity (Wildman–Crippen MR) is 48.8 cm³/mol. The largest absolute Gasteiger partial charge is 0.496 e. The van der Waals surface area contributed by atoms with Gasteiger partial charge in [0.2, 0.25) is 0 Å². The van der Waals surface area contributed by atoms with Crippen molar-refractivity contribution in [2.75, 3.05) is 7.11 Å². The molecular weight excluding hydrogens is 150 g/mol. The Hall–Kier alpha value is -1.46. The maximum absolute atomic E-state index is 5.49. The van der Waals surface area contributed by atoms with Crippen molar-refractivity contribution in [1.82, 2.24) is 0 Å². The van der Waals surface area contributed by atoms with Crippen LogP contribution in [0.15, 0.2) is 18.2 Å². The van der Waals surface area contributed by atoms with Crippen molar-refractivity contribution in [3.05, 3.63) is 29.3 Å². The zero-order chi connectivity index (χ0) is 8.97. The molecule has 0 saturated heterocycles. The Kier molecular flexibility index (Phi) is 2.73. The SMILES string of the molecule is C#Cc1ccc(CN)c(OC)c1. The number of nitrogens with two attached hydrogens (primary N) is 1. The van der Waals surface area contributed by atoms with Crippen LogP contribution in [0, 0.1) is 12.3 Å². The van der Waals surface area contributed by atoms with Crippen LogP contribution < -0.4 is 10.5 Å². The second-order valence-electron chi connectivity index (χ2n) is 2.38. The quantitative estimate of drug-likeness (QED) is 0.660. The maximum Gasteiger partial charge on any atom is 0.124 e. The number of benzene rings is 1. The van der Waals surface area contributed by atoms with E-state index < -0.39 is 0 Å². The molecule has 0 atom stereocenters. The molecule has 0 amide bonds. The van der Waals surface area contributed by atoms with Crippen LogP contribution in [-0.2, 0) is 6.54 Å². The van der Waals surface area contributed by atoms with Crippen LogP contribution >= 0.6 is 0 Å². The molecule has 0 bridgehead atoms. The third kappa shape index (κ3) is 1.58. The lowest BCUT2D eigenvalue weighted by atomic mass is 10.1. The summed E-state index contributed by atoms with van der Waals surface area (Å²) in [7, 11) is 1.61. The summed E-state index contributed by atoms with van der Waals surface area (Å²) in [4.78, 5) is 0. The predicted octanol–water partition coefficient (Wildman–Crippen LogP) is 1.14. The molecule has 1 rings (SSSR count). The Labute approximate surface area is 72.3 Å². The van der Waals surface area contributed by atoms with Crippen molar-refractivity contribution in [2.45, 2.75) is 6.54 Å². The Balaban J connectivity index is 3.13. The summed E-state index contributed by atoms with van der Waals surface area (Å²) >= 11 is 0. The molecule has 0 aliphatic rings. The molecule has 2 N–H and O–H groups in total. The Morgan fingerprint density at radius 3 is 2.83 bits per heavy atom. The van der Waals surface area contributed by atoms with E-state index in [1.165, 1.54) is 0 Å². The lowest BCUT2D eigenvalue weighted by Gasteiger charge is -2.05. The molecule has 0 fully saturated rings. The first-order chi connectivity index (χ1) is 5.81.